The normalized spacial score (nSPS) is 12.3. The summed E-state index contributed by atoms with van der Waals surface area (Å²) in [7, 11) is 0. The van der Waals surface area contributed by atoms with E-state index in [1.54, 1.807) is 11.3 Å². The Morgan fingerprint density at radius 2 is 1.89 bits per heavy atom. The smallest absolute Gasteiger partial charge is 0.243 e. The van der Waals surface area contributed by atoms with Crippen LogP contribution in [0.25, 0.3) is 10.9 Å². The Hall–Kier alpha value is -2.60. The van der Waals surface area contributed by atoms with Gasteiger partial charge in [-0.2, -0.15) is 0 Å². The molecule has 3 N–H and O–H groups in total. The number of nitrogens with one attached hydrogen (secondary N) is 3. The molecule has 0 saturated carbocycles. The SMILES string of the molecule is Cc1ccc(CNC(=O)C(Cc2c[nH]c3ccccc23)NC(=O)C(C)C)s1. The highest BCUT2D eigenvalue weighted by atomic mass is 32.1. The molecule has 2 aromatic heterocycles. The van der Waals surface area contributed by atoms with Crippen molar-refractivity contribution in [3.63, 3.8) is 0 Å². The first-order chi connectivity index (χ1) is 12.9. The molecule has 1 atom stereocenters. The Morgan fingerprint density at radius 1 is 1.11 bits per heavy atom. The number of carbonyl (C=O) groups excluding carboxylic acids is 2. The van der Waals surface area contributed by atoms with Gasteiger partial charge in [-0.05, 0) is 30.7 Å². The fourth-order valence-electron chi connectivity index (χ4n) is 2.95. The molecular formula is C21H25N3O2S. The van der Waals surface area contributed by atoms with Crippen molar-refractivity contribution in [2.75, 3.05) is 0 Å². The maximum absolute atomic E-state index is 12.8. The summed E-state index contributed by atoms with van der Waals surface area (Å²) in [5, 5.41) is 6.94. The van der Waals surface area contributed by atoms with Gasteiger partial charge in [0.15, 0.2) is 0 Å². The molecule has 3 rings (SSSR count). The van der Waals surface area contributed by atoms with Crippen LogP contribution in [0.2, 0.25) is 0 Å². The number of para-hydroxylation sites is 1. The zero-order valence-electron chi connectivity index (χ0n) is 15.8. The zero-order chi connectivity index (χ0) is 19.4. The maximum atomic E-state index is 12.8. The molecule has 0 radical (unpaired) electrons. The van der Waals surface area contributed by atoms with Crippen molar-refractivity contribution in [1.29, 1.82) is 0 Å². The highest BCUT2D eigenvalue weighted by Crippen LogP contribution is 2.19. The molecule has 0 aliphatic heterocycles. The second kappa shape index (κ2) is 8.39. The number of aryl methyl sites for hydroxylation is 1. The molecule has 0 aliphatic carbocycles. The van der Waals surface area contributed by atoms with Crippen molar-refractivity contribution in [2.45, 2.75) is 39.8 Å². The maximum Gasteiger partial charge on any atom is 0.243 e. The van der Waals surface area contributed by atoms with Gasteiger partial charge in [0.2, 0.25) is 11.8 Å². The summed E-state index contributed by atoms with van der Waals surface area (Å²) >= 11 is 1.66. The number of benzene rings is 1. The molecule has 0 bridgehead atoms. The molecule has 2 amide bonds. The van der Waals surface area contributed by atoms with Gasteiger partial charge < -0.3 is 15.6 Å². The van der Waals surface area contributed by atoms with E-state index in [9.17, 15) is 9.59 Å². The monoisotopic (exact) mass is 383 g/mol. The van der Waals surface area contributed by atoms with Gasteiger partial charge in [-0.25, -0.2) is 0 Å². The Morgan fingerprint density at radius 3 is 2.59 bits per heavy atom. The topological polar surface area (TPSA) is 74.0 Å². The fourth-order valence-corrected chi connectivity index (χ4v) is 3.78. The van der Waals surface area contributed by atoms with Gasteiger partial charge in [-0.3, -0.25) is 9.59 Å². The van der Waals surface area contributed by atoms with Crippen molar-refractivity contribution >= 4 is 34.1 Å². The van der Waals surface area contributed by atoms with E-state index in [2.05, 4.69) is 15.6 Å². The first kappa shape index (κ1) is 19.2. The number of amides is 2. The second-order valence-corrected chi connectivity index (χ2v) is 8.38. The molecule has 5 nitrogen and oxygen atoms in total. The lowest BCUT2D eigenvalue weighted by molar-refractivity contribution is -0.130. The van der Waals surface area contributed by atoms with Gasteiger partial charge in [0, 0.05) is 39.2 Å². The molecule has 27 heavy (non-hydrogen) atoms. The lowest BCUT2D eigenvalue weighted by Gasteiger charge is -2.19. The molecule has 2 heterocycles. The summed E-state index contributed by atoms with van der Waals surface area (Å²) in [5.41, 5.74) is 2.04. The zero-order valence-corrected chi connectivity index (χ0v) is 16.7. The van der Waals surface area contributed by atoms with Gasteiger partial charge in [0.05, 0.1) is 6.54 Å². The largest absolute Gasteiger partial charge is 0.361 e. The average Bonchev–Trinajstić information content (AvgIpc) is 3.25. The number of rotatable bonds is 7. The molecule has 0 saturated heterocycles. The average molecular weight is 384 g/mol. The van der Waals surface area contributed by atoms with Crippen LogP contribution in [0.4, 0.5) is 0 Å². The standard InChI is InChI=1S/C21H25N3O2S/c1-13(2)20(25)24-19(21(26)23-12-16-9-8-14(3)27-16)10-15-11-22-18-7-5-4-6-17(15)18/h4-9,11,13,19,22H,10,12H2,1-3H3,(H,23,26)(H,24,25). The summed E-state index contributed by atoms with van der Waals surface area (Å²) in [6, 6.07) is 11.4. The molecule has 3 aromatic rings. The highest BCUT2D eigenvalue weighted by molar-refractivity contribution is 7.11. The number of carbonyl (C=O) groups is 2. The van der Waals surface area contributed by atoms with E-state index in [1.165, 1.54) is 4.88 Å². The Labute approximate surface area is 163 Å². The molecule has 142 valence electrons. The predicted molar refractivity (Wildman–Crippen MR) is 110 cm³/mol. The number of hydrogen-bond donors (Lipinski definition) is 3. The van der Waals surface area contributed by atoms with Crippen molar-refractivity contribution < 1.29 is 9.59 Å². The lowest BCUT2D eigenvalue weighted by atomic mass is 10.0. The molecule has 0 fully saturated rings. The number of aromatic amines is 1. The van der Waals surface area contributed by atoms with Gasteiger partial charge >= 0.3 is 0 Å². The number of aromatic nitrogens is 1. The third kappa shape index (κ3) is 4.77. The minimum absolute atomic E-state index is 0.123. The van der Waals surface area contributed by atoms with Crippen LogP contribution >= 0.6 is 11.3 Å². The van der Waals surface area contributed by atoms with E-state index >= 15 is 0 Å². The highest BCUT2D eigenvalue weighted by Gasteiger charge is 2.23. The predicted octanol–water partition coefficient (Wildman–Crippen LogP) is 3.54. The fraction of sp³-hybridized carbons (Fsp3) is 0.333. The first-order valence-corrected chi connectivity index (χ1v) is 9.94. The van der Waals surface area contributed by atoms with E-state index in [1.807, 2.05) is 63.4 Å². The van der Waals surface area contributed by atoms with E-state index in [4.69, 9.17) is 0 Å². The van der Waals surface area contributed by atoms with E-state index in [0.717, 1.165) is 21.3 Å². The molecule has 6 heteroatoms. The van der Waals surface area contributed by atoms with Crippen molar-refractivity contribution in [3.8, 4) is 0 Å². The summed E-state index contributed by atoms with van der Waals surface area (Å²) in [4.78, 5) is 30.6. The minimum atomic E-state index is -0.611. The van der Waals surface area contributed by atoms with Crippen LogP contribution in [-0.2, 0) is 22.6 Å². The Kier molecular flexibility index (Phi) is 5.96. The van der Waals surface area contributed by atoms with Crippen LogP contribution in [0.3, 0.4) is 0 Å². The molecule has 1 aromatic carbocycles. The van der Waals surface area contributed by atoms with Gasteiger partial charge in [-0.15, -0.1) is 11.3 Å². The molecule has 0 aliphatic rings. The van der Waals surface area contributed by atoms with Crippen molar-refractivity contribution in [3.05, 3.63) is 57.9 Å². The number of H-pyrrole nitrogens is 1. The first-order valence-electron chi connectivity index (χ1n) is 9.12. The van der Waals surface area contributed by atoms with Gasteiger partial charge in [-0.1, -0.05) is 32.0 Å². The summed E-state index contributed by atoms with van der Waals surface area (Å²) in [6.45, 7) is 6.16. The van der Waals surface area contributed by atoms with Gasteiger partial charge in [0.1, 0.15) is 6.04 Å². The van der Waals surface area contributed by atoms with Gasteiger partial charge in [0.25, 0.3) is 0 Å². The lowest BCUT2D eigenvalue weighted by Crippen LogP contribution is -2.48. The van der Waals surface area contributed by atoms with Crippen LogP contribution in [-0.4, -0.2) is 22.8 Å². The van der Waals surface area contributed by atoms with E-state index < -0.39 is 6.04 Å². The minimum Gasteiger partial charge on any atom is -0.361 e. The van der Waals surface area contributed by atoms with Crippen LogP contribution in [0.5, 0.6) is 0 Å². The number of hydrogen-bond acceptors (Lipinski definition) is 3. The van der Waals surface area contributed by atoms with Crippen LogP contribution in [0, 0.1) is 12.8 Å². The quantitative estimate of drug-likeness (QED) is 0.584. The summed E-state index contributed by atoms with van der Waals surface area (Å²) in [5.74, 6) is -0.467. The Bertz CT molecular complexity index is 942. The van der Waals surface area contributed by atoms with E-state index in [0.29, 0.717) is 13.0 Å². The number of fused-ring (bicyclic) bond motifs is 1. The number of thiophene rings is 1. The Balaban J connectivity index is 1.75. The third-order valence-electron chi connectivity index (χ3n) is 4.49. The molecule has 1 unspecified atom stereocenters. The van der Waals surface area contributed by atoms with Crippen molar-refractivity contribution in [1.82, 2.24) is 15.6 Å². The van der Waals surface area contributed by atoms with Crippen LogP contribution < -0.4 is 10.6 Å². The third-order valence-corrected chi connectivity index (χ3v) is 5.49. The van der Waals surface area contributed by atoms with Crippen LogP contribution in [0.15, 0.2) is 42.6 Å². The summed E-state index contributed by atoms with van der Waals surface area (Å²) < 4.78 is 0. The summed E-state index contributed by atoms with van der Waals surface area (Å²) in [6.07, 6.45) is 2.35. The molecular weight excluding hydrogens is 358 g/mol. The molecule has 0 spiro atoms. The van der Waals surface area contributed by atoms with Crippen LogP contribution in [0.1, 0.15) is 29.2 Å². The second-order valence-electron chi connectivity index (χ2n) is 7.01. The van der Waals surface area contributed by atoms with Crippen molar-refractivity contribution in [2.24, 2.45) is 5.92 Å². The van der Waals surface area contributed by atoms with E-state index in [-0.39, 0.29) is 17.7 Å².